The third-order valence-corrected chi connectivity index (χ3v) is 4.21. The number of hydrogen-bond acceptors (Lipinski definition) is 3. The molecule has 1 heterocycles. The Morgan fingerprint density at radius 3 is 2.43 bits per heavy atom. The molecule has 1 aromatic carbocycles. The van der Waals surface area contributed by atoms with Crippen LogP contribution < -0.4 is 10.6 Å². The molecule has 0 amide bonds. The summed E-state index contributed by atoms with van der Waals surface area (Å²) in [6.45, 7) is 2.96. The molecule has 1 aliphatic heterocycles. The van der Waals surface area contributed by atoms with E-state index in [0.29, 0.717) is 18.8 Å². The summed E-state index contributed by atoms with van der Waals surface area (Å²) in [4.78, 5) is 1.94. The first-order chi connectivity index (χ1) is 9.82. The summed E-state index contributed by atoms with van der Waals surface area (Å²) in [5.74, 6) is 0.228. The molecule has 2 rings (SSSR count). The van der Waals surface area contributed by atoms with Crippen LogP contribution in [0.2, 0.25) is 0 Å². The van der Waals surface area contributed by atoms with Crippen molar-refractivity contribution >= 4 is 5.69 Å². The van der Waals surface area contributed by atoms with Gasteiger partial charge in [0, 0.05) is 25.3 Å². The number of alkyl halides is 3. The van der Waals surface area contributed by atoms with Crippen molar-refractivity contribution in [3.05, 3.63) is 29.3 Å². The second-order valence-electron chi connectivity index (χ2n) is 5.61. The Labute approximate surface area is 122 Å². The van der Waals surface area contributed by atoms with Crippen LogP contribution in [0.3, 0.4) is 0 Å². The van der Waals surface area contributed by atoms with Crippen molar-refractivity contribution in [2.75, 3.05) is 18.0 Å². The van der Waals surface area contributed by atoms with Gasteiger partial charge in [-0.15, -0.1) is 0 Å². The Kier molecular flexibility index (Phi) is 4.78. The number of anilines is 1. The third-order valence-electron chi connectivity index (χ3n) is 4.21. The van der Waals surface area contributed by atoms with Crippen molar-refractivity contribution in [1.82, 2.24) is 0 Å². The first-order valence-corrected chi connectivity index (χ1v) is 7.16. The minimum atomic E-state index is -4.39. The number of nitrogens with two attached hydrogens (primary N) is 1. The van der Waals surface area contributed by atoms with Gasteiger partial charge in [-0.3, -0.25) is 0 Å². The molecule has 1 aliphatic rings. The van der Waals surface area contributed by atoms with Gasteiger partial charge < -0.3 is 15.7 Å². The van der Waals surface area contributed by atoms with Gasteiger partial charge in [0.25, 0.3) is 0 Å². The van der Waals surface area contributed by atoms with Crippen molar-refractivity contribution < 1.29 is 18.3 Å². The van der Waals surface area contributed by atoms with E-state index in [9.17, 15) is 18.3 Å². The molecule has 0 saturated carbocycles. The van der Waals surface area contributed by atoms with Gasteiger partial charge in [0.2, 0.25) is 0 Å². The largest absolute Gasteiger partial charge is 0.416 e. The van der Waals surface area contributed by atoms with Gasteiger partial charge in [0.05, 0.1) is 11.7 Å². The summed E-state index contributed by atoms with van der Waals surface area (Å²) in [6, 6.07) is 4.34. The lowest BCUT2D eigenvalue weighted by Crippen LogP contribution is -2.37. The van der Waals surface area contributed by atoms with Gasteiger partial charge in [0.15, 0.2) is 0 Å². The Hall–Kier alpha value is -1.27. The number of aliphatic hydroxyl groups is 1. The monoisotopic (exact) mass is 302 g/mol. The summed E-state index contributed by atoms with van der Waals surface area (Å²) in [5.41, 5.74) is 5.42. The number of aliphatic hydroxyl groups excluding tert-OH is 1. The molecule has 1 fully saturated rings. The lowest BCUT2D eigenvalue weighted by molar-refractivity contribution is -0.138. The molecule has 0 spiro atoms. The van der Waals surface area contributed by atoms with Crippen molar-refractivity contribution in [2.24, 2.45) is 11.7 Å². The number of hydrogen-bond donors (Lipinski definition) is 2. The van der Waals surface area contributed by atoms with Crippen LogP contribution in [0.5, 0.6) is 0 Å². The van der Waals surface area contributed by atoms with Crippen LogP contribution in [0.1, 0.15) is 30.9 Å². The maximum atomic E-state index is 13.0. The van der Waals surface area contributed by atoms with E-state index >= 15 is 0 Å². The predicted molar refractivity (Wildman–Crippen MR) is 76.0 cm³/mol. The van der Waals surface area contributed by atoms with E-state index in [1.807, 2.05) is 4.90 Å². The molecule has 0 aliphatic carbocycles. The zero-order valence-electron chi connectivity index (χ0n) is 12.0. The van der Waals surface area contributed by atoms with Crippen LogP contribution in [0, 0.1) is 5.92 Å². The molecule has 118 valence electrons. The van der Waals surface area contributed by atoms with E-state index in [4.69, 9.17) is 5.73 Å². The molecular weight excluding hydrogens is 281 g/mol. The Balaban J connectivity index is 2.18. The van der Waals surface area contributed by atoms with Gasteiger partial charge in [-0.1, -0.05) is 6.07 Å². The normalized spacial score (nSPS) is 18.9. The summed E-state index contributed by atoms with van der Waals surface area (Å²) in [6.07, 6.45) is -3.17. The summed E-state index contributed by atoms with van der Waals surface area (Å²) in [5, 5.41) is 9.57. The van der Waals surface area contributed by atoms with Crippen molar-refractivity contribution in [3.8, 4) is 0 Å². The highest BCUT2D eigenvalue weighted by Crippen LogP contribution is 2.35. The van der Waals surface area contributed by atoms with Crippen LogP contribution in [0.25, 0.3) is 0 Å². The topological polar surface area (TPSA) is 49.5 Å². The number of nitrogens with zero attached hydrogens (tertiary/aromatic N) is 1. The molecule has 3 nitrogen and oxygen atoms in total. The van der Waals surface area contributed by atoms with Crippen molar-refractivity contribution in [2.45, 2.75) is 38.6 Å². The van der Waals surface area contributed by atoms with Crippen molar-refractivity contribution in [3.63, 3.8) is 0 Å². The van der Waals surface area contributed by atoms with Crippen LogP contribution >= 0.6 is 0 Å². The zero-order chi connectivity index (χ0) is 15.6. The lowest BCUT2D eigenvalue weighted by atomic mass is 9.91. The van der Waals surface area contributed by atoms with E-state index in [1.54, 1.807) is 13.0 Å². The maximum Gasteiger partial charge on any atom is 0.416 e. The van der Waals surface area contributed by atoms with Crippen LogP contribution in [-0.2, 0) is 12.7 Å². The fourth-order valence-corrected chi connectivity index (χ4v) is 2.84. The average Bonchev–Trinajstić information content (AvgIpc) is 2.45. The smallest absolute Gasteiger partial charge is 0.393 e. The highest BCUT2D eigenvalue weighted by molar-refractivity contribution is 5.52. The fraction of sp³-hybridized carbons (Fsp3) is 0.600. The highest BCUT2D eigenvalue weighted by Gasteiger charge is 2.34. The van der Waals surface area contributed by atoms with Gasteiger partial charge >= 0.3 is 6.18 Å². The standard InChI is InChI=1S/C15H21F3N2O/c1-10(21)11-4-6-20(7-5-11)13-3-2-12(9-19)14(8-13)15(16,17)18/h2-3,8,10-11,21H,4-7,9,19H2,1H3. The number of piperidine rings is 1. The zero-order valence-corrected chi connectivity index (χ0v) is 12.0. The third kappa shape index (κ3) is 3.68. The molecular formula is C15H21F3N2O. The Morgan fingerprint density at radius 2 is 1.95 bits per heavy atom. The molecule has 1 aromatic rings. The van der Waals surface area contributed by atoms with Gasteiger partial charge in [-0.25, -0.2) is 0 Å². The van der Waals surface area contributed by atoms with E-state index in [-0.39, 0.29) is 24.1 Å². The fourth-order valence-electron chi connectivity index (χ4n) is 2.84. The Bertz CT molecular complexity index is 480. The summed E-state index contributed by atoms with van der Waals surface area (Å²) < 4.78 is 39.1. The van der Waals surface area contributed by atoms with Crippen LogP contribution in [0.15, 0.2) is 18.2 Å². The highest BCUT2D eigenvalue weighted by atomic mass is 19.4. The lowest BCUT2D eigenvalue weighted by Gasteiger charge is -2.35. The minimum Gasteiger partial charge on any atom is -0.393 e. The second-order valence-corrected chi connectivity index (χ2v) is 5.61. The summed E-state index contributed by atoms with van der Waals surface area (Å²) in [7, 11) is 0. The quantitative estimate of drug-likeness (QED) is 0.902. The summed E-state index contributed by atoms with van der Waals surface area (Å²) >= 11 is 0. The molecule has 0 radical (unpaired) electrons. The Morgan fingerprint density at radius 1 is 1.33 bits per heavy atom. The van der Waals surface area contributed by atoms with E-state index in [0.717, 1.165) is 12.8 Å². The number of rotatable bonds is 3. The molecule has 0 aromatic heterocycles. The molecule has 0 bridgehead atoms. The number of halogens is 3. The number of benzene rings is 1. The van der Waals surface area contributed by atoms with E-state index in [2.05, 4.69) is 0 Å². The second kappa shape index (κ2) is 6.23. The molecule has 6 heteroatoms. The average molecular weight is 302 g/mol. The first-order valence-electron chi connectivity index (χ1n) is 7.16. The predicted octanol–water partition coefficient (Wildman–Crippen LogP) is 2.76. The van der Waals surface area contributed by atoms with Crippen LogP contribution in [0.4, 0.5) is 18.9 Å². The van der Waals surface area contributed by atoms with Gasteiger partial charge in [0.1, 0.15) is 0 Å². The molecule has 21 heavy (non-hydrogen) atoms. The van der Waals surface area contributed by atoms with E-state index in [1.165, 1.54) is 12.1 Å². The SMILES string of the molecule is CC(O)C1CCN(c2ccc(CN)c(C(F)(F)F)c2)CC1. The van der Waals surface area contributed by atoms with Crippen LogP contribution in [-0.4, -0.2) is 24.3 Å². The van der Waals surface area contributed by atoms with Gasteiger partial charge in [-0.2, -0.15) is 13.2 Å². The molecule has 1 atom stereocenters. The molecule has 1 saturated heterocycles. The molecule has 3 N–H and O–H groups in total. The van der Waals surface area contributed by atoms with Gasteiger partial charge in [-0.05, 0) is 43.4 Å². The van der Waals surface area contributed by atoms with Crippen molar-refractivity contribution in [1.29, 1.82) is 0 Å². The molecule has 1 unspecified atom stereocenters. The maximum absolute atomic E-state index is 13.0. The first kappa shape index (κ1) is 16.1. The van der Waals surface area contributed by atoms with E-state index < -0.39 is 11.7 Å². The minimum absolute atomic E-state index is 0.116.